The molecule has 7 nitrogen and oxygen atoms in total. The molecule has 19 heavy (non-hydrogen) atoms. The van der Waals surface area contributed by atoms with Crippen molar-refractivity contribution in [3.63, 3.8) is 0 Å². The van der Waals surface area contributed by atoms with E-state index >= 15 is 0 Å². The maximum absolute atomic E-state index is 6.00. The van der Waals surface area contributed by atoms with Gasteiger partial charge in [-0.25, -0.2) is 10.1 Å². The lowest BCUT2D eigenvalue weighted by Gasteiger charge is -2.07. The Bertz CT molecular complexity index is 612. The van der Waals surface area contributed by atoms with Gasteiger partial charge in [-0.2, -0.15) is 5.10 Å². The van der Waals surface area contributed by atoms with Gasteiger partial charge in [-0.05, 0) is 12.1 Å². The van der Waals surface area contributed by atoms with Crippen molar-refractivity contribution >= 4 is 35.4 Å². The number of nitrogens with two attached hydrogens (primary N) is 1. The quantitative estimate of drug-likeness (QED) is 0.510. The molecule has 0 unspecified atom stereocenters. The lowest BCUT2D eigenvalue weighted by Crippen LogP contribution is -2.10. The van der Waals surface area contributed by atoms with Crippen LogP contribution in [0.15, 0.2) is 23.6 Å². The van der Waals surface area contributed by atoms with E-state index in [9.17, 15) is 0 Å². The molecule has 100 valence electrons. The predicted molar refractivity (Wildman–Crippen MR) is 74.4 cm³/mol. The minimum Gasteiger partial charge on any atom is -0.495 e. The molecule has 1 aromatic heterocycles. The molecule has 0 atom stereocenters. The molecule has 0 amide bonds. The van der Waals surface area contributed by atoms with Crippen molar-refractivity contribution in [2.75, 3.05) is 18.4 Å². The monoisotopic (exact) mass is 300 g/mol. The topological polar surface area (TPSA) is 90.3 Å². The molecule has 0 aliphatic carbocycles. The molecule has 1 heterocycles. The average Bonchev–Trinajstić information content (AvgIpc) is 2.75. The molecule has 2 rings (SSSR count). The molecule has 0 aliphatic heterocycles. The first kappa shape index (κ1) is 13.4. The van der Waals surface area contributed by atoms with Crippen molar-refractivity contribution in [1.29, 1.82) is 0 Å². The van der Waals surface area contributed by atoms with Crippen molar-refractivity contribution in [2.24, 2.45) is 5.10 Å². The zero-order valence-corrected chi connectivity index (χ0v) is 11.4. The number of benzene rings is 1. The lowest BCUT2D eigenvalue weighted by molar-refractivity contribution is 0.414. The molecule has 2 aromatic rings. The molecular weight excluding hydrogens is 291 g/mol. The predicted octanol–water partition coefficient (Wildman–Crippen LogP) is 1.75. The van der Waals surface area contributed by atoms with Crippen molar-refractivity contribution < 1.29 is 4.74 Å². The summed E-state index contributed by atoms with van der Waals surface area (Å²) >= 11 is 11.9. The summed E-state index contributed by atoms with van der Waals surface area (Å²) in [4.78, 5) is 0. The number of nitrogens with one attached hydrogen (secondary N) is 1. The van der Waals surface area contributed by atoms with Crippen LogP contribution in [0, 0.1) is 0 Å². The molecule has 3 N–H and O–H groups in total. The Kier molecular flexibility index (Phi) is 4.08. The summed E-state index contributed by atoms with van der Waals surface area (Å²) in [6.45, 7) is 0. The summed E-state index contributed by atoms with van der Waals surface area (Å²) in [5.74, 6) is 6.29. The summed E-state index contributed by atoms with van der Waals surface area (Å²) in [5, 5.41) is 12.1. The number of hydrazone groups is 1. The van der Waals surface area contributed by atoms with Gasteiger partial charge in [-0.3, -0.25) is 0 Å². The van der Waals surface area contributed by atoms with E-state index in [1.807, 2.05) is 0 Å². The fourth-order valence-corrected chi connectivity index (χ4v) is 1.96. The summed E-state index contributed by atoms with van der Waals surface area (Å²) in [5.41, 5.74) is 3.24. The Balaban J connectivity index is 2.21. The van der Waals surface area contributed by atoms with Crippen LogP contribution >= 0.6 is 23.2 Å². The van der Waals surface area contributed by atoms with Crippen LogP contribution < -0.4 is 16.0 Å². The fraction of sp³-hybridized carbons (Fsp3) is 0.100. The van der Waals surface area contributed by atoms with E-state index in [4.69, 9.17) is 33.8 Å². The van der Waals surface area contributed by atoms with E-state index in [2.05, 4.69) is 20.7 Å². The third-order valence-corrected chi connectivity index (χ3v) is 2.68. The zero-order valence-electron chi connectivity index (χ0n) is 9.84. The second-order valence-corrected chi connectivity index (χ2v) is 4.29. The minimum absolute atomic E-state index is 0.295. The van der Waals surface area contributed by atoms with Gasteiger partial charge in [0, 0.05) is 10.6 Å². The SMILES string of the molecule is COc1c(Cl)cc(Cl)cc1/C=N/Nc1nncn1N. The van der Waals surface area contributed by atoms with Crippen LogP contribution in [0.5, 0.6) is 5.75 Å². The number of nitrogen functional groups attached to an aromatic ring is 1. The Morgan fingerprint density at radius 1 is 1.47 bits per heavy atom. The van der Waals surface area contributed by atoms with Gasteiger partial charge >= 0.3 is 0 Å². The normalized spacial score (nSPS) is 10.9. The molecule has 1 aromatic carbocycles. The number of hydrogen-bond donors (Lipinski definition) is 2. The second-order valence-electron chi connectivity index (χ2n) is 3.44. The van der Waals surface area contributed by atoms with E-state index in [1.165, 1.54) is 24.3 Å². The van der Waals surface area contributed by atoms with E-state index in [0.29, 0.717) is 27.3 Å². The molecule has 0 radical (unpaired) electrons. The van der Waals surface area contributed by atoms with E-state index in [-0.39, 0.29) is 0 Å². The van der Waals surface area contributed by atoms with Gasteiger partial charge in [0.2, 0.25) is 0 Å². The number of anilines is 1. The van der Waals surface area contributed by atoms with Crippen LogP contribution in [0.4, 0.5) is 5.95 Å². The van der Waals surface area contributed by atoms with Crippen molar-refractivity contribution in [1.82, 2.24) is 14.9 Å². The highest BCUT2D eigenvalue weighted by Gasteiger charge is 2.08. The van der Waals surface area contributed by atoms with Crippen LogP contribution in [-0.4, -0.2) is 28.2 Å². The van der Waals surface area contributed by atoms with Crippen molar-refractivity contribution in [2.45, 2.75) is 0 Å². The molecule has 0 saturated carbocycles. The van der Waals surface area contributed by atoms with E-state index in [0.717, 1.165) is 0 Å². The van der Waals surface area contributed by atoms with Crippen LogP contribution in [0.3, 0.4) is 0 Å². The molecule has 0 saturated heterocycles. The number of aromatic nitrogens is 3. The van der Waals surface area contributed by atoms with Crippen LogP contribution in [0.2, 0.25) is 10.0 Å². The highest BCUT2D eigenvalue weighted by Crippen LogP contribution is 2.31. The molecule has 9 heteroatoms. The minimum atomic E-state index is 0.295. The van der Waals surface area contributed by atoms with Gasteiger partial charge in [0.15, 0.2) is 0 Å². The molecular formula is C10H10Cl2N6O. The summed E-state index contributed by atoms with van der Waals surface area (Å²) in [7, 11) is 1.51. The van der Waals surface area contributed by atoms with Gasteiger partial charge < -0.3 is 10.6 Å². The molecule has 0 bridgehead atoms. The first-order chi connectivity index (χ1) is 9.11. The molecule has 0 aliphatic rings. The number of hydrogen-bond acceptors (Lipinski definition) is 6. The summed E-state index contributed by atoms with van der Waals surface area (Å²) < 4.78 is 6.37. The Morgan fingerprint density at radius 2 is 2.26 bits per heavy atom. The Labute approximate surface area is 118 Å². The molecule has 0 fully saturated rings. The maximum Gasteiger partial charge on any atom is 0.263 e. The third kappa shape index (κ3) is 3.07. The zero-order chi connectivity index (χ0) is 13.8. The van der Waals surface area contributed by atoms with Gasteiger partial charge in [-0.1, -0.05) is 23.2 Å². The highest BCUT2D eigenvalue weighted by molar-refractivity contribution is 6.36. The smallest absolute Gasteiger partial charge is 0.263 e. The third-order valence-electron chi connectivity index (χ3n) is 2.18. The van der Waals surface area contributed by atoms with Gasteiger partial charge in [0.05, 0.1) is 18.3 Å². The van der Waals surface area contributed by atoms with Crippen molar-refractivity contribution in [3.8, 4) is 5.75 Å². The van der Waals surface area contributed by atoms with Gasteiger partial charge in [0.25, 0.3) is 5.95 Å². The number of halogens is 2. The highest BCUT2D eigenvalue weighted by atomic mass is 35.5. The fourth-order valence-electron chi connectivity index (χ4n) is 1.37. The van der Waals surface area contributed by atoms with E-state index < -0.39 is 0 Å². The van der Waals surface area contributed by atoms with Crippen LogP contribution in [0.1, 0.15) is 5.56 Å². The summed E-state index contributed by atoms with van der Waals surface area (Å²) in [6, 6.07) is 3.26. The lowest BCUT2D eigenvalue weighted by atomic mass is 10.2. The van der Waals surface area contributed by atoms with Crippen LogP contribution in [-0.2, 0) is 0 Å². The standard InChI is InChI=1S/C10H10Cl2N6O/c1-19-9-6(2-7(11)3-8(9)12)4-14-16-10-17-15-5-18(10)13/h2-5H,13H2,1H3,(H,16,17)/b14-4+. The Hall–Kier alpha value is -1.99. The van der Waals surface area contributed by atoms with E-state index in [1.54, 1.807) is 12.1 Å². The first-order valence-electron chi connectivity index (χ1n) is 5.09. The van der Waals surface area contributed by atoms with Gasteiger partial charge in [-0.15, -0.1) is 10.2 Å². The summed E-state index contributed by atoms with van der Waals surface area (Å²) in [6.07, 6.45) is 2.83. The van der Waals surface area contributed by atoms with Crippen molar-refractivity contribution in [3.05, 3.63) is 34.1 Å². The average molecular weight is 301 g/mol. The number of nitrogens with zero attached hydrogens (tertiary/aromatic N) is 4. The molecule has 0 spiro atoms. The van der Waals surface area contributed by atoms with Gasteiger partial charge in [0.1, 0.15) is 12.1 Å². The first-order valence-corrected chi connectivity index (χ1v) is 5.84. The number of ether oxygens (including phenoxy) is 1. The second kappa shape index (κ2) is 5.77. The largest absolute Gasteiger partial charge is 0.495 e. The maximum atomic E-state index is 6.00. The number of methoxy groups -OCH3 is 1. The van der Waals surface area contributed by atoms with Crippen LogP contribution in [0.25, 0.3) is 0 Å². The number of rotatable bonds is 4. The Morgan fingerprint density at radius 3 is 2.89 bits per heavy atom.